The molecule has 0 amide bonds. The monoisotopic (exact) mass is 438 g/mol. The molecule has 0 aliphatic heterocycles. The van der Waals surface area contributed by atoms with Gasteiger partial charge in [-0.1, -0.05) is 18.6 Å². The lowest BCUT2D eigenvalue weighted by Gasteiger charge is -2.25. The largest absolute Gasteiger partial charge is 0.370 e. The fraction of sp³-hybridized carbons (Fsp3) is 0.500. The van der Waals surface area contributed by atoms with Gasteiger partial charge >= 0.3 is 0 Å². The van der Waals surface area contributed by atoms with E-state index in [-0.39, 0.29) is 24.0 Å². The number of halogens is 1. The van der Waals surface area contributed by atoms with Gasteiger partial charge in [0.25, 0.3) is 0 Å². The molecule has 0 saturated heterocycles. The summed E-state index contributed by atoms with van der Waals surface area (Å²) in [4.78, 5) is 4.27. The smallest absolute Gasteiger partial charge is 0.229 e. The molecule has 0 spiro atoms. The Morgan fingerprint density at radius 2 is 2.14 bits per heavy atom. The minimum absolute atomic E-state index is 0. The van der Waals surface area contributed by atoms with E-state index in [0.29, 0.717) is 18.2 Å². The molecule has 1 aromatic rings. The van der Waals surface area contributed by atoms with Gasteiger partial charge in [0.15, 0.2) is 5.96 Å². The third kappa shape index (κ3) is 6.82. The highest BCUT2D eigenvalue weighted by atomic mass is 127. The van der Waals surface area contributed by atoms with Crippen LogP contribution in [-0.2, 0) is 16.6 Å². The summed E-state index contributed by atoms with van der Waals surface area (Å²) in [5.74, 6) is 1.16. The van der Waals surface area contributed by atoms with E-state index >= 15 is 0 Å². The Labute approximate surface area is 149 Å². The average Bonchev–Trinajstić information content (AvgIpc) is 2.33. The zero-order valence-electron chi connectivity index (χ0n) is 12.6. The zero-order valence-corrected chi connectivity index (χ0v) is 15.7. The van der Waals surface area contributed by atoms with Gasteiger partial charge in [-0.15, -0.1) is 24.0 Å². The molecule has 0 atom stereocenters. The number of rotatable bonds is 6. The van der Waals surface area contributed by atoms with E-state index in [4.69, 9.17) is 5.73 Å². The van der Waals surface area contributed by atoms with E-state index < -0.39 is 10.0 Å². The highest BCUT2D eigenvalue weighted by Crippen LogP contribution is 2.24. The number of anilines is 1. The molecule has 8 heteroatoms. The fourth-order valence-electron chi connectivity index (χ4n) is 2.13. The summed E-state index contributed by atoms with van der Waals surface area (Å²) in [6.07, 6.45) is 4.96. The van der Waals surface area contributed by atoms with Crippen LogP contribution in [0.1, 0.15) is 24.8 Å². The maximum atomic E-state index is 11.2. The maximum Gasteiger partial charge on any atom is 0.229 e. The van der Waals surface area contributed by atoms with Crippen molar-refractivity contribution in [1.82, 2.24) is 5.32 Å². The molecule has 0 aromatic heterocycles. The average molecular weight is 438 g/mol. The Hall–Kier alpha value is -1.03. The molecule has 0 radical (unpaired) electrons. The molecule has 2 rings (SSSR count). The second-order valence-corrected chi connectivity index (χ2v) is 7.20. The van der Waals surface area contributed by atoms with Crippen LogP contribution in [0, 0.1) is 5.92 Å². The Kier molecular flexibility index (Phi) is 7.40. The lowest BCUT2D eigenvalue weighted by Crippen LogP contribution is -2.37. The molecule has 22 heavy (non-hydrogen) atoms. The van der Waals surface area contributed by atoms with E-state index in [2.05, 4.69) is 15.0 Å². The van der Waals surface area contributed by atoms with Gasteiger partial charge in [0, 0.05) is 12.2 Å². The van der Waals surface area contributed by atoms with Crippen molar-refractivity contribution in [3.8, 4) is 0 Å². The number of nitrogens with one attached hydrogen (secondary N) is 2. The number of guanidine groups is 1. The first-order chi connectivity index (χ1) is 9.92. The number of nitrogens with zero attached hydrogens (tertiary/aromatic N) is 1. The number of aliphatic imine (C=N–C) groups is 1. The van der Waals surface area contributed by atoms with Crippen LogP contribution in [0.5, 0.6) is 0 Å². The van der Waals surface area contributed by atoms with Crippen molar-refractivity contribution in [2.24, 2.45) is 16.6 Å². The van der Waals surface area contributed by atoms with Gasteiger partial charge in [0.05, 0.1) is 12.8 Å². The highest BCUT2D eigenvalue weighted by Gasteiger charge is 2.16. The van der Waals surface area contributed by atoms with Crippen molar-refractivity contribution in [3.05, 3.63) is 29.8 Å². The summed E-state index contributed by atoms with van der Waals surface area (Å²) in [5.41, 5.74) is 7.25. The van der Waals surface area contributed by atoms with Crippen LogP contribution >= 0.6 is 24.0 Å². The third-order valence-corrected chi connectivity index (χ3v) is 4.07. The van der Waals surface area contributed by atoms with Crippen LogP contribution in [0.15, 0.2) is 29.3 Å². The van der Waals surface area contributed by atoms with E-state index in [9.17, 15) is 8.42 Å². The Morgan fingerprint density at radius 1 is 1.41 bits per heavy atom. The molecular formula is C14H23IN4O2S. The highest BCUT2D eigenvalue weighted by molar-refractivity contribution is 14.0. The number of hydrogen-bond acceptors (Lipinski definition) is 3. The zero-order chi connectivity index (χ0) is 15.3. The van der Waals surface area contributed by atoms with Crippen LogP contribution in [0.2, 0.25) is 0 Å². The molecule has 1 aliphatic carbocycles. The van der Waals surface area contributed by atoms with Crippen molar-refractivity contribution < 1.29 is 8.42 Å². The first kappa shape index (κ1) is 19.0. The van der Waals surface area contributed by atoms with Crippen molar-refractivity contribution >= 4 is 45.6 Å². The Morgan fingerprint density at radius 3 is 2.73 bits per heavy atom. The summed E-state index contributed by atoms with van der Waals surface area (Å²) in [7, 11) is -3.26. The third-order valence-electron chi connectivity index (χ3n) is 3.46. The SMILES string of the molecule is CS(=O)(=O)Nc1cccc(CN=C(N)NCC2CCC2)c1.I. The molecule has 6 nitrogen and oxygen atoms in total. The normalized spacial score (nSPS) is 15.6. The van der Waals surface area contributed by atoms with Gasteiger partial charge in [0.1, 0.15) is 0 Å². The van der Waals surface area contributed by atoms with Crippen molar-refractivity contribution in [1.29, 1.82) is 0 Å². The maximum absolute atomic E-state index is 11.2. The lowest BCUT2D eigenvalue weighted by atomic mass is 9.85. The summed E-state index contributed by atoms with van der Waals surface area (Å²) < 4.78 is 24.8. The Bertz CT molecular complexity index is 615. The molecule has 1 fully saturated rings. The van der Waals surface area contributed by atoms with Gasteiger partial charge in [0.2, 0.25) is 10.0 Å². The van der Waals surface area contributed by atoms with Gasteiger partial charge in [-0.2, -0.15) is 0 Å². The van der Waals surface area contributed by atoms with E-state index in [1.165, 1.54) is 19.3 Å². The van der Waals surface area contributed by atoms with Gasteiger partial charge < -0.3 is 11.1 Å². The van der Waals surface area contributed by atoms with Crippen LogP contribution in [-0.4, -0.2) is 27.2 Å². The number of hydrogen-bond donors (Lipinski definition) is 3. The molecule has 0 heterocycles. The van der Waals surface area contributed by atoms with Gasteiger partial charge in [-0.05, 0) is 36.5 Å². The van der Waals surface area contributed by atoms with Crippen LogP contribution in [0.3, 0.4) is 0 Å². The van der Waals surface area contributed by atoms with Crippen LogP contribution in [0.4, 0.5) is 5.69 Å². The minimum Gasteiger partial charge on any atom is -0.370 e. The molecule has 124 valence electrons. The predicted molar refractivity (Wildman–Crippen MR) is 101 cm³/mol. The van der Waals surface area contributed by atoms with Gasteiger partial charge in [-0.25, -0.2) is 13.4 Å². The molecule has 0 unspecified atom stereocenters. The molecular weight excluding hydrogens is 415 g/mol. The molecule has 1 aromatic carbocycles. The fourth-order valence-corrected chi connectivity index (χ4v) is 2.68. The van der Waals surface area contributed by atoms with Gasteiger partial charge in [-0.3, -0.25) is 4.72 Å². The summed E-state index contributed by atoms with van der Waals surface area (Å²) >= 11 is 0. The van der Waals surface area contributed by atoms with E-state index in [1.54, 1.807) is 18.2 Å². The number of nitrogens with two attached hydrogens (primary N) is 1. The van der Waals surface area contributed by atoms with Crippen LogP contribution in [0.25, 0.3) is 0 Å². The number of sulfonamides is 1. The second-order valence-electron chi connectivity index (χ2n) is 5.45. The minimum atomic E-state index is -3.26. The second kappa shape index (κ2) is 8.56. The van der Waals surface area contributed by atoms with Crippen molar-refractivity contribution in [3.63, 3.8) is 0 Å². The van der Waals surface area contributed by atoms with Crippen molar-refractivity contribution in [2.45, 2.75) is 25.8 Å². The quantitative estimate of drug-likeness (QED) is 0.359. The summed E-state index contributed by atoms with van der Waals surface area (Å²) in [5, 5.41) is 3.12. The Balaban J connectivity index is 0.00000242. The predicted octanol–water partition coefficient (Wildman–Crippen LogP) is 1.88. The topological polar surface area (TPSA) is 96.6 Å². The molecule has 0 bridgehead atoms. The first-order valence-electron chi connectivity index (χ1n) is 7.03. The molecule has 1 aliphatic rings. The summed E-state index contributed by atoms with van der Waals surface area (Å²) in [6, 6.07) is 7.13. The standard InChI is InChI=1S/C14H22N4O2S.HI/c1-21(19,20)18-13-7-3-6-12(8-13)10-17-14(15)16-9-11-4-2-5-11;/h3,6-8,11,18H,2,4-5,9-10H2,1H3,(H3,15,16,17);1H. The summed E-state index contributed by atoms with van der Waals surface area (Å²) in [6.45, 7) is 1.30. The van der Waals surface area contributed by atoms with E-state index in [1.807, 2.05) is 6.07 Å². The molecule has 4 N–H and O–H groups in total. The molecule has 1 saturated carbocycles. The van der Waals surface area contributed by atoms with Crippen LogP contribution < -0.4 is 15.8 Å². The van der Waals surface area contributed by atoms with Crippen molar-refractivity contribution in [2.75, 3.05) is 17.5 Å². The lowest BCUT2D eigenvalue weighted by molar-refractivity contribution is 0.315. The first-order valence-corrected chi connectivity index (χ1v) is 8.92. The van der Waals surface area contributed by atoms with E-state index in [0.717, 1.165) is 24.3 Å². The number of benzene rings is 1.